The average molecular weight is 269 g/mol. The van der Waals surface area contributed by atoms with Gasteiger partial charge in [-0.1, -0.05) is 29.8 Å². The molecule has 0 aliphatic rings. The van der Waals surface area contributed by atoms with E-state index < -0.39 is 0 Å². The molecule has 0 saturated heterocycles. The highest BCUT2D eigenvalue weighted by molar-refractivity contribution is 6.31. The van der Waals surface area contributed by atoms with Crippen molar-refractivity contribution in [2.75, 3.05) is 0 Å². The van der Waals surface area contributed by atoms with Crippen molar-refractivity contribution in [2.45, 2.75) is 6.42 Å². The molecule has 0 bridgehead atoms. The van der Waals surface area contributed by atoms with Gasteiger partial charge in [-0.2, -0.15) is 5.26 Å². The Kier molecular flexibility index (Phi) is 2.90. The van der Waals surface area contributed by atoms with Crippen molar-refractivity contribution in [3.05, 3.63) is 64.6 Å². The number of hydrogen-bond acceptors (Lipinski definition) is 3. The lowest BCUT2D eigenvalue weighted by Crippen LogP contribution is -1.97. The zero-order valence-electron chi connectivity index (χ0n) is 9.92. The third kappa shape index (κ3) is 2.16. The van der Waals surface area contributed by atoms with Crippen molar-refractivity contribution in [1.29, 1.82) is 5.26 Å². The van der Waals surface area contributed by atoms with Crippen molar-refractivity contribution >= 4 is 17.2 Å². The number of hydrogen-bond donors (Lipinski definition) is 0. The minimum absolute atomic E-state index is 0.577. The van der Waals surface area contributed by atoms with E-state index in [-0.39, 0.29) is 0 Å². The second kappa shape index (κ2) is 4.71. The third-order valence-corrected chi connectivity index (χ3v) is 3.28. The molecular formula is C14H9ClN4. The van der Waals surface area contributed by atoms with Crippen LogP contribution in [0.15, 0.2) is 42.6 Å². The summed E-state index contributed by atoms with van der Waals surface area (Å²) in [6, 6.07) is 13.2. The van der Waals surface area contributed by atoms with Crippen LogP contribution in [-0.2, 0) is 6.42 Å². The number of benzene rings is 1. The molecule has 0 radical (unpaired) electrons. The number of aromatic nitrogens is 3. The van der Waals surface area contributed by atoms with Crippen LogP contribution < -0.4 is 0 Å². The molecule has 0 N–H and O–H groups in total. The van der Waals surface area contributed by atoms with Gasteiger partial charge in [0.15, 0.2) is 5.65 Å². The van der Waals surface area contributed by atoms with Gasteiger partial charge in [0, 0.05) is 17.6 Å². The van der Waals surface area contributed by atoms with Gasteiger partial charge in [0.05, 0.1) is 5.56 Å². The van der Waals surface area contributed by atoms with Crippen LogP contribution in [0.1, 0.15) is 17.0 Å². The molecule has 0 aliphatic heterocycles. The highest BCUT2D eigenvalue weighted by Crippen LogP contribution is 2.18. The zero-order chi connectivity index (χ0) is 13.2. The molecule has 1 aromatic carbocycles. The summed E-state index contributed by atoms with van der Waals surface area (Å²) < 4.78 is 1.82. The minimum Gasteiger partial charge on any atom is -0.285 e. The second-order valence-corrected chi connectivity index (χ2v) is 4.55. The lowest BCUT2D eigenvalue weighted by Gasteiger charge is -2.03. The van der Waals surface area contributed by atoms with Crippen molar-refractivity contribution < 1.29 is 0 Å². The van der Waals surface area contributed by atoms with E-state index >= 15 is 0 Å². The first kappa shape index (κ1) is 11.7. The number of fused-ring (bicyclic) bond motifs is 1. The van der Waals surface area contributed by atoms with Gasteiger partial charge in [0.25, 0.3) is 0 Å². The summed E-state index contributed by atoms with van der Waals surface area (Å²) in [6.07, 6.45) is 2.32. The maximum Gasteiger partial charge on any atom is 0.160 e. The predicted octanol–water partition coefficient (Wildman–Crippen LogP) is 2.85. The van der Waals surface area contributed by atoms with E-state index in [0.717, 1.165) is 17.0 Å². The van der Waals surface area contributed by atoms with E-state index in [0.29, 0.717) is 17.0 Å². The molecule has 19 heavy (non-hydrogen) atoms. The molecule has 0 atom stereocenters. The Hall–Kier alpha value is -2.38. The number of nitriles is 1. The predicted molar refractivity (Wildman–Crippen MR) is 72.0 cm³/mol. The zero-order valence-corrected chi connectivity index (χ0v) is 10.7. The Morgan fingerprint density at radius 3 is 2.79 bits per heavy atom. The largest absolute Gasteiger partial charge is 0.285 e. The van der Waals surface area contributed by atoms with E-state index in [1.165, 1.54) is 0 Å². The van der Waals surface area contributed by atoms with Crippen molar-refractivity contribution in [1.82, 2.24) is 14.6 Å². The molecule has 3 aromatic rings. The van der Waals surface area contributed by atoms with Crippen LogP contribution in [0.4, 0.5) is 0 Å². The van der Waals surface area contributed by atoms with Gasteiger partial charge in [-0.15, -0.1) is 10.2 Å². The summed E-state index contributed by atoms with van der Waals surface area (Å²) in [5, 5.41) is 17.9. The van der Waals surface area contributed by atoms with Gasteiger partial charge in [-0.05, 0) is 23.8 Å². The SMILES string of the molecule is N#Cc1ccc2nnc(Cc3ccccc3Cl)n2c1. The summed E-state index contributed by atoms with van der Waals surface area (Å²) in [7, 11) is 0. The summed E-state index contributed by atoms with van der Waals surface area (Å²) in [5.74, 6) is 0.764. The molecule has 0 amide bonds. The number of pyridine rings is 1. The monoisotopic (exact) mass is 268 g/mol. The summed E-state index contributed by atoms with van der Waals surface area (Å²) in [6.45, 7) is 0. The first-order valence-corrected chi connectivity index (χ1v) is 6.13. The molecule has 92 valence electrons. The van der Waals surface area contributed by atoms with Crippen LogP contribution >= 0.6 is 11.6 Å². The topological polar surface area (TPSA) is 54.0 Å². The molecule has 0 spiro atoms. The summed E-state index contributed by atoms with van der Waals surface area (Å²) in [4.78, 5) is 0. The third-order valence-electron chi connectivity index (χ3n) is 2.91. The molecule has 3 rings (SSSR count). The first-order valence-electron chi connectivity index (χ1n) is 5.75. The Morgan fingerprint density at radius 2 is 2.00 bits per heavy atom. The van der Waals surface area contributed by atoms with Crippen LogP contribution in [-0.4, -0.2) is 14.6 Å². The van der Waals surface area contributed by atoms with E-state index in [2.05, 4.69) is 16.3 Å². The lowest BCUT2D eigenvalue weighted by molar-refractivity contribution is 0.933. The molecule has 5 heteroatoms. The lowest BCUT2D eigenvalue weighted by atomic mass is 10.1. The van der Waals surface area contributed by atoms with Gasteiger partial charge in [-0.3, -0.25) is 4.40 Å². The Labute approximate surface area is 114 Å². The van der Waals surface area contributed by atoms with Crippen LogP contribution in [0.25, 0.3) is 5.65 Å². The standard InChI is InChI=1S/C14H9ClN4/c15-12-4-2-1-3-11(12)7-14-18-17-13-6-5-10(8-16)9-19(13)14/h1-6,9H,7H2. The van der Waals surface area contributed by atoms with Crippen LogP contribution in [0.3, 0.4) is 0 Å². The van der Waals surface area contributed by atoms with E-state index in [1.54, 1.807) is 18.3 Å². The van der Waals surface area contributed by atoms with Gasteiger partial charge < -0.3 is 0 Å². The highest BCUT2D eigenvalue weighted by atomic mass is 35.5. The Bertz CT molecular complexity index is 785. The highest BCUT2D eigenvalue weighted by Gasteiger charge is 2.08. The number of nitrogens with zero attached hydrogens (tertiary/aromatic N) is 4. The average Bonchev–Trinajstić information content (AvgIpc) is 2.84. The maximum atomic E-state index is 8.93. The Balaban J connectivity index is 2.06. The fraction of sp³-hybridized carbons (Fsp3) is 0.0714. The minimum atomic E-state index is 0.577. The number of rotatable bonds is 2. The second-order valence-electron chi connectivity index (χ2n) is 4.14. The molecule has 2 heterocycles. The van der Waals surface area contributed by atoms with Crippen LogP contribution in [0, 0.1) is 11.3 Å². The molecule has 0 aliphatic carbocycles. The van der Waals surface area contributed by atoms with E-state index in [9.17, 15) is 0 Å². The quantitative estimate of drug-likeness (QED) is 0.718. The summed E-state index contributed by atoms with van der Waals surface area (Å²) in [5.41, 5.74) is 2.29. The normalized spacial score (nSPS) is 10.5. The van der Waals surface area contributed by atoms with Crippen molar-refractivity contribution in [3.8, 4) is 6.07 Å². The molecule has 2 aromatic heterocycles. The van der Waals surface area contributed by atoms with Gasteiger partial charge in [0.1, 0.15) is 11.9 Å². The van der Waals surface area contributed by atoms with E-state index in [4.69, 9.17) is 16.9 Å². The van der Waals surface area contributed by atoms with E-state index in [1.807, 2.05) is 28.7 Å². The van der Waals surface area contributed by atoms with Gasteiger partial charge in [0.2, 0.25) is 0 Å². The molecule has 0 saturated carbocycles. The van der Waals surface area contributed by atoms with Crippen LogP contribution in [0.5, 0.6) is 0 Å². The van der Waals surface area contributed by atoms with Crippen LogP contribution in [0.2, 0.25) is 5.02 Å². The Morgan fingerprint density at radius 1 is 1.16 bits per heavy atom. The fourth-order valence-electron chi connectivity index (χ4n) is 1.94. The molecule has 0 unspecified atom stereocenters. The van der Waals surface area contributed by atoms with Crippen molar-refractivity contribution in [3.63, 3.8) is 0 Å². The first-order chi connectivity index (χ1) is 9.28. The molecule has 0 fully saturated rings. The van der Waals surface area contributed by atoms with Gasteiger partial charge in [-0.25, -0.2) is 0 Å². The number of halogens is 1. The smallest absolute Gasteiger partial charge is 0.160 e. The van der Waals surface area contributed by atoms with Gasteiger partial charge >= 0.3 is 0 Å². The van der Waals surface area contributed by atoms with Crippen molar-refractivity contribution in [2.24, 2.45) is 0 Å². The molecular weight excluding hydrogens is 260 g/mol. The fourth-order valence-corrected chi connectivity index (χ4v) is 2.14. The molecule has 4 nitrogen and oxygen atoms in total. The summed E-state index contributed by atoms with van der Waals surface area (Å²) >= 11 is 6.14. The maximum absolute atomic E-state index is 8.93.